The van der Waals surface area contributed by atoms with Crippen molar-refractivity contribution in [2.45, 2.75) is 19.4 Å². The number of hydrogen-bond acceptors (Lipinski definition) is 4. The summed E-state index contributed by atoms with van der Waals surface area (Å²) in [6.45, 7) is 2.57. The van der Waals surface area contributed by atoms with Gasteiger partial charge in [-0.1, -0.05) is 30.3 Å². The number of amides is 1. The van der Waals surface area contributed by atoms with Crippen molar-refractivity contribution in [2.75, 3.05) is 25.5 Å². The minimum Gasteiger partial charge on any atom is -0.497 e. The molecule has 0 spiro atoms. The van der Waals surface area contributed by atoms with Crippen LogP contribution in [0.15, 0.2) is 72.9 Å². The fraction of sp³-hybridized carbons (Fsp3) is 0.280. The third kappa shape index (κ3) is 5.05. The number of ether oxygens (including phenoxy) is 1. The van der Waals surface area contributed by atoms with Crippen LogP contribution in [0.2, 0.25) is 0 Å². The van der Waals surface area contributed by atoms with Crippen LogP contribution < -0.4 is 10.1 Å². The number of likely N-dealkylation sites (tertiary alicyclic amines) is 1. The van der Waals surface area contributed by atoms with Gasteiger partial charge in [0.05, 0.1) is 18.7 Å². The van der Waals surface area contributed by atoms with Gasteiger partial charge in [-0.2, -0.15) is 0 Å². The summed E-state index contributed by atoms with van der Waals surface area (Å²) in [6.07, 6.45) is 3.77. The van der Waals surface area contributed by atoms with Gasteiger partial charge in [0, 0.05) is 25.0 Å². The summed E-state index contributed by atoms with van der Waals surface area (Å²) in [5.41, 5.74) is 4.05. The monoisotopic (exact) mass is 401 g/mol. The summed E-state index contributed by atoms with van der Waals surface area (Å²) in [7, 11) is 1.67. The van der Waals surface area contributed by atoms with E-state index in [2.05, 4.69) is 15.2 Å². The van der Waals surface area contributed by atoms with E-state index < -0.39 is 0 Å². The molecule has 2 heterocycles. The molecule has 1 amide bonds. The van der Waals surface area contributed by atoms with Crippen molar-refractivity contribution in [3.63, 3.8) is 0 Å². The molecule has 2 aromatic carbocycles. The molecule has 0 saturated carbocycles. The molecule has 5 nitrogen and oxygen atoms in total. The molecule has 1 N–H and O–H groups in total. The van der Waals surface area contributed by atoms with Crippen molar-refractivity contribution in [1.82, 2.24) is 9.88 Å². The Kier molecular flexibility index (Phi) is 6.40. The van der Waals surface area contributed by atoms with Crippen LogP contribution in [0.5, 0.6) is 5.75 Å². The maximum Gasteiger partial charge on any atom is 0.228 e. The molecule has 0 bridgehead atoms. The van der Waals surface area contributed by atoms with Crippen LogP contribution in [0, 0.1) is 5.92 Å². The maximum absolute atomic E-state index is 12.8. The number of pyridine rings is 1. The number of carbonyl (C=O) groups is 1. The van der Waals surface area contributed by atoms with Crippen molar-refractivity contribution in [3.8, 4) is 16.9 Å². The molecular formula is C25H27N3O2. The molecule has 30 heavy (non-hydrogen) atoms. The summed E-state index contributed by atoms with van der Waals surface area (Å²) in [5, 5.41) is 3.09. The lowest BCUT2D eigenvalue weighted by Gasteiger charge is -2.31. The fourth-order valence-electron chi connectivity index (χ4n) is 3.93. The molecule has 1 atom stereocenters. The van der Waals surface area contributed by atoms with Crippen LogP contribution in [0.4, 0.5) is 5.69 Å². The Balaban J connectivity index is 1.36. The SMILES string of the molecule is COc1cccc(-c2ccc(NC(=O)[C@H]3CCCN(Cc4ccccn4)C3)cc2)c1. The standard InChI is InChI=1S/C25H27N3O2/c1-30-24-9-4-6-20(16-24)19-10-12-22(13-11-19)27-25(29)21-7-5-15-28(17-21)18-23-8-2-3-14-26-23/h2-4,6,8-14,16,21H,5,7,15,17-18H2,1H3,(H,27,29)/t21-/m0/s1. The first-order chi connectivity index (χ1) is 14.7. The summed E-state index contributed by atoms with van der Waals surface area (Å²) < 4.78 is 5.30. The predicted octanol–water partition coefficient (Wildman–Crippen LogP) is 4.61. The van der Waals surface area contributed by atoms with E-state index in [9.17, 15) is 4.79 Å². The van der Waals surface area contributed by atoms with E-state index in [1.165, 1.54) is 0 Å². The van der Waals surface area contributed by atoms with Gasteiger partial charge in [0.1, 0.15) is 5.75 Å². The number of rotatable bonds is 6. The Labute approximate surface area is 177 Å². The van der Waals surface area contributed by atoms with Crippen LogP contribution in [-0.4, -0.2) is 36.0 Å². The fourth-order valence-corrected chi connectivity index (χ4v) is 3.93. The molecule has 1 aromatic heterocycles. The predicted molar refractivity (Wildman–Crippen MR) is 119 cm³/mol. The highest BCUT2D eigenvalue weighted by atomic mass is 16.5. The summed E-state index contributed by atoms with van der Waals surface area (Å²) in [6, 6.07) is 21.9. The Morgan fingerprint density at radius 3 is 2.73 bits per heavy atom. The van der Waals surface area contributed by atoms with E-state index in [1.54, 1.807) is 7.11 Å². The van der Waals surface area contributed by atoms with E-state index in [4.69, 9.17) is 4.74 Å². The van der Waals surface area contributed by atoms with E-state index in [0.29, 0.717) is 0 Å². The lowest BCUT2D eigenvalue weighted by atomic mass is 9.96. The molecule has 1 saturated heterocycles. The number of anilines is 1. The van der Waals surface area contributed by atoms with Crippen LogP contribution in [0.1, 0.15) is 18.5 Å². The zero-order chi connectivity index (χ0) is 20.8. The third-order valence-electron chi connectivity index (χ3n) is 5.54. The molecule has 0 aliphatic carbocycles. The van der Waals surface area contributed by atoms with Crippen molar-refractivity contribution < 1.29 is 9.53 Å². The van der Waals surface area contributed by atoms with E-state index in [-0.39, 0.29) is 11.8 Å². The van der Waals surface area contributed by atoms with E-state index >= 15 is 0 Å². The highest BCUT2D eigenvalue weighted by Gasteiger charge is 2.26. The van der Waals surface area contributed by atoms with E-state index in [1.807, 2.05) is 72.9 Å². The van der Waals surface area contributed by atoms with Crippen molar-refractivity contribution in [2.24, 2.45) is 5.92 Å². The lowest BCUT2D eigenvalue weighted by molar-refractivity contribution is -0.121. The normalized spacial score (nSPS) is 16.8. The van der Waals surface area contributed by atoms with Crippen LogP contribution >= 0.6 is 0 Å². The molecule has 5 heteroatoms. The van der Waals surface area contributed by atoms with Gasteiger partial charge in [0.15, 0.2) is 0 Å². The average molecular weight is 402 g/mol. The molecule has 0 unspecified atom stereocenters. The minimum atomic E-state index is 0.000485. The van der Waals surface area contributed by atoms with Gasteiger partial charge >= 0.3 is 0 Å². The van der Waals surface area contributed by atoms with Gasteiger partial charge in [0.2, 0.25) is 5.91 Å². The number of piperidine rings is 1. The number of methoxy groups -OCH3 is 1. The highest BCUT2D eigenvalue weighted by Crippen LogP contribution is 2.26. The second-order valence-electron chi connectivity index (χ2n) is 7.69. The second kappa shape index (κ2) is 9.55. The zero-order valence-electron chi connectivity index (χ0n) is 17.3. The van der Waals surface area contributed by atoms with Crippen molar-refractivity contribution in [1.29, 1.82) is 0 Å². The summed E-state index contributed by atoms with van der Waals surface area (Å²) >= 11 is 0. The van der Waals surface area contributed by atoms with Gasteiger partial charge in [0.25, 0.3) is 0 Å². The van der Waals surface area contributed by atoms with Crippen LogP contribution in [-0.2, 0) is 11.3 Å². The lowest BCUT2D eigenvalue weighted by Crippen LogP contribution is -2.40. The minimum absolute atomic E-state index is 0.000485. The number of hydrogen-bond donors (Lipinski definition) is 1. The highest BCUT2D eigenvalue weighted by molar-refractivity contribution is 5.93. The molecule has 1 aliphatic heterocycles. The molecule has 1 aliphatic rings. The number of carbonyl (C=O) groups excluding carboxylic acids is 1. The summed E-state index contributed by atoms with van der Waals surface area (Å²) in [5.74, 6) is 0.924. The first-order valence-corrected chi connectivity index (χ1v) is 10.4. The van der Waals surface area contributed by atoms with Crippen molar-refractivity contribution >= 4 is 11.6 Å². The quantitative estimate of drug-likeness (QED) is 0.655. The second-order valence-corrected chi connectivity index (χ2v) is 7.69. The van der Waals surface area contributed by atoms with Gasteiger partial charge in [-0.15, -0.1) is 0 Å². The van der Waals surface area contributed by atoms with Gasteiger partial charge < -0.3 is 10.1 Å². The molecule has 4 rings (SSSR count). The van der Waals surface area contributed by atoms with E-state index in [0.717, 1.165) is 60.7 Å². The van der Waals surface area contributed by atoms with Crippen molar-refractivity contribution in [3.05, 3.63) is 78.6 Å². The summed E-state index contributed by atoms with van der Waals surface area (Å²) in [4.78, 5) is 19.6. The number of nitrogens with one attached hydrogen (secondary N) is 1. The molecule has 3 aromatic rings. The van der Waals surface area contributed by atoms with Crippen LogP contribution in [0.25, 0.3) is 11.1 Å². The Bertz CT molecular complexity index is 973. The first-order valence-electron chi connectivity index (χ1n) is 10.4. The maximum atomic E-state index is 12.8. The largest absolute Gasteiger partial charge is 0.497 e. The Morgan fingerprint density at radius 1 is 1.10 bits per heavy atom. The first kappa shape index (κ1) is 20.1. The molecule has 0 radical (unpaired) electrons. The van der Waals surface area contributed by atoms with Gasteiger partial charge in [-0.3, -0.25) is 14.7 Å². The topological polar surface area (TPSA) is 54.5 Å². The van der Waals surface area contributed by atoms with Gasteiger partial charge in [-0.25, -0.2) is 0 Å². The third-order valence-corrected chi connectivity index (χ3v) is 5.54. The zero-order valence-corrected chi connectivity index (χ0v) is 17.3. The molecule has 1 fully saturated rings. The Hall–Kier alpha value is -3.18. The molecule has 154 valence electrons. The Morgan fingerprint density at radius 2 is 1.97 bits per heavy atom. The number of benzene rings is 2. The smallest absolute Gasteiger partial charge is 0.228 e. The van der Waals surface area contributed by atoms with Crippen LogP contribution in [0.3, 0.4) is 0 Å². The molecular weight excluding hydrogens is 374 g/mol. The van der Waals surface area contributed by atoms with Gasteiger partial charge in [-0.05, 0) is 66.9 Å². The number of aromatic nitrogens is 1. The number of nitrogens with zero attached hydrogens (tertiary/aromatic N) is 2. The average Bonchev–Trinajstić information content (AvgIpc) is 2.80.